The zero-order valence-corrected chi connectivity index (χ0v) is 14.7. The molecule has 1 fully saturated rings. The number of halogens is 1. The normalized spacial score (nSPS) is 17.8. The van der Waals surface area contributed by atoms with Crippen LogP contribution in [0, 0.1) is 5.92 Å². The monoisotopic (exact) mass is 373 g/mol. The standard InChI is InChI=1S/C18H20BrN3O/c1-13-5-4-10-22(12-13)14-8-9-20-17(11-14)18(23)21-16-7-3-2-6-15(16)19/h2-3,6-9,11,13H,4-5,10,12H2,1H3,(H,21,23). The summed E-state index contributed by atoms with van der Waals surface area (Å²) in [6.07, 6.45) is 4.18. The van der Waals surface area contributed by atoms with Gasteiger partial charge in [0, 0.05) is 29.4 Å². The fourth-order valence-electron chi connectivity index (χ4n) is 2.91. The molecular formula is C18H20BrN3O. The highest BCUT2D eigenvalue weighted by molar-refractivity contribution is 9.10. The van der Waals surface area contributed by atoms with E-state index in [1.165, 1.54) is 12.8 Å². The van der Waals surface area contributed by atoms with Gasteiger partial charge in [0.1, 0.15) is 5.69 Å². The van der Waals surface area contributed by atoms with Gasteiger partial charge in [-0.25, -0.2) is 0 Å². The van der Waals surface area contributed by atoms with E-state index >= 15 is 0 Å². The molecule has 1 aromatic heterocycles. The number of hydrogen-bond acceptors (Lipinski definition) is 3. The summed E-state index contributed by atoms with van der Waals surface area (Å²) in [4.78, 5) is 19.0. The number of anilines is 2. The second kappa shape index (κ2) is 7.13. The average molecular weight is 374 g/mol. The summed E-state index contributed by atoms with van der Waals surface area (Å²) in [6.45, 7) is 4.35. The van der Waals surface area contributed by atoms with E-state index in [9.17, 15) is 4.79 Å². The lowest BCUT2D eigenvalue weighted by atomic mass is 10.00. The third kappa shape index (κ3) is 3.91. The van der Waals surface area contributed by atoms with E-state index in [0.29, 0.717) is 11.6 Å². The van der Waals surface area contributed by atoms with Gasteiger partial charge < -0.3 is 10.2 Å². The molecule has 2 heterocycles. The van der Waals surface area contributed by atoms with Crippen LogP contribution in [0.4, 0.5) is 11.4 Å². The van der Waals surface area contributed by atoms with Crippen molar-refractivity contribution in [2.75, 3.05) is 23.3 Å². The van der Waals surface area contributed by atoms with Crippen LogP contribution in [0.5, 0.6) is 0 Å². The van der Waals surface area contributed by atoms with E-state index in [1.54, 1.807) is 6.20 Å². The maximum Gasteiger partial charge on any atom is 0.274 e. The van der Waals surface area contributed by atoms with Crippen LogP contribution in [0.3, 0.4) is 0 Å². The van der Waals surface area contributed by atoms with Crippen LogP contribution < -0.4 is 10.2 Å². The maximum absolute atomic E-state index is 12.5. The summed E-state index contributed by atoms with van der Waals surface area (Å²) in [5, 5.41) is 2.90. The molecule has 1 atom stereocenters. The van der Waals surface area contributed by atoms with Crippen LogP contribution in [0.2, 0.25) is 0 Å². The van der Waals surface area contributed by atoms with Gasteiger partial charge in [-0.1, -0.05) is 19.1 Å². The number of pyridine rings is 1. The van der Waals surface area contributed by atoms with Gasteiger partial charge >= 0.3 is 0 Å². The van der Waals surface area contributed by atoms with Crippen LogP contribution in [0.25, 0.3) is 0 Å². The first-order valence-electron chi connectivity index (χ1n) is 7.90. The quantitative estimate of drug-likeness (QED) is 0.870. The van der Waals surface area contributed by atoms with Crippen LogP contribution in [0.15, 0.2) is 47.1 Å². The average Bonchev–Trinajstić information content (AvgIpc) is 2.57. The fraction of sp³-hybridized carbons (Fsp3) is 0.333. The molecule has 0 aliphatic carbocycles. The summed E-state index contributed by atoms with van der Waals surface area (Å²) in [6, 6.07) is 11.4. The zero-order chi connectivity index (χ0) is 16.2. The molecule has 1 aliphatic heterocycles. The van der Waals surface area contributed by atoms with Crippen molar-refractivity contribution >= 4 is 33.2 Å². The highest BCUT2D eigenvalue weighted by Crippen LogP contribution is 2.24. The van der Waals surface area contributed by atoms with Gasteiger partial charge in [-0.05, 0) is 59.0 Å². The number of aromatic nitrogens is 1. The van der Waals surface area contributed by atoms with Crippen molar-refractivity contribution in [3.05, 3.63) is 52.8 Å². The van der Waals surface area contributed by atoms with Crippen molar-refractivity contribution in [2.45, 2.75) is 19.8 Å². The molecule has 0 saturated carbocycles. The Morgan fingerprint density at radius 1 is 1.35 bits per heavy atom. The number of benzene rings is 1. The summed E-state index contributed by atoms with van der Waals surface area (Å²) in [5.74, 6) is 0.498. The van der Waals surface area contributed by atoms with E-state index < -0.39 is 0 Å². The van der Waals surface area contributed by atoms with Crippen molar-refractivity contribution in [1.82, 2.24) is 4.98 Å². The van der Waals surface area contributed by atoms with Crippen molar-refractivity contribution in [2.24, 2.45) is 5.92 Å². The molecule has 0 spiro atoms. The van der Waals surface area contributed by atoms with E-state index in [-0.39, 0.29) is 5.91 Å². The second-order valence-corrected chi connectivity index (χ2v) is 6.88. The first-order valence-corrected chi connectivity index (χ1v) is 8.69. The number of nitrogens with one attached hydrogen (secondary N) is 1. The minimum absolute atomic E-state index is 0.191. The van der Waals surface area contributed by atoms with Gasteiger partial charge in [0.05, 0.1) is 5.69 Å². The van der Waals surface area contributed by atoms with Gasteiger partial charge in [-0.3, -0.25) is 9.78 Å². The number of nitrogens with zero attached hydrogens (tertiary/aromatic N) is 2. The first-order chi connectivity index (χ1) is 11.1. The number of hydrogen-bond donors (Lipinski definition) is 1. The lowest BCUT2D eigenvalue weighted by molar-refractivity contribution is 0.102. The zero-order valence-electron chi connectivity index (χ0n) is 13.1. The summed E-state index contributed by atoms with van der Waals surface area (Å²) in [5.41, 5.74) is 2.26. The Hall–Kier alpha value is -1.88. The Kier molecular flexibility index (Phi) is 4.96. The van der Waals surface area contributed by atoms with E-state index in [1.807, 2.05) is 36.4 Å². The predicted molar refractivity (Wildman–Crippen MR) is 96.9 cm³/mol. The lowest BCUT2D eigenvalue weighted by Gasteiger charge is -2.32. The number of piperidine rings is 1. The molecule has 2 aromatic rings. The number of carbonyl (C=O) groups excluding carboxylic acids is 1. The van der Waals surface area contributed by atoms with Crippen LogP contribution in [-0.4, -0.2) is 24.0 Å². The molecule has 0 radical (unpaired) electrons. The van der Waals surface area contributed by atoms with E-state index in [2.05, 4.69) is 38.1 Å². The topological polar surface area (TPSA) is 45.2 Å². The number of para-hydroxylation sites is 1. The summed E-state index contributed by atoms with van der Waals surface area (Å²) in [7, 11) is 0. The molecule has 1 aromatic carbocycles. The summed E-state index contributed by atoms with van der Waals surface area (Å²) >= 11 is 3.44. The molecule has 0 bridgehead atoms. The van der Waals surface area contributed by atoms with E-state index in [0.717, 1.165) is 28.9 Å². The van der Waals surface area contributed by atoms with Gasteiger partial charge in [0.25, 0.3) is 5.91 Å². The smallest absolute Gasteiger partial charge is 0.274 e. The Morgan fingerprint density at radius 3 is 2.96 bits per heavy atom. The lowest BCUT2D eigenvalue weighted by Crippen LogP contribution is -2.34. The van der Waals surface area contributed by atoms with Crippen molar-refractivity contribution in [1.29, 1.82) is 0 Å². The number of rotatable bonds is 3. The van der Waals surface area contributed by atoms with Gasteiger partial charge in [0.15, 0.2) is 0 Å². The van der Waals surface area contributed by atoms with Gasteiger partial charge in [-0.15, -0.1) is 0 Å². The highest BCUT2D eigenvalue weighted by Gasteiger charge is 2.18. The molecule has 1 amide bonds. The van der Waals surface area contributed by atoms with Gasteiger partial charge in [-0.2, -0.15) is 0 Å². The Morgan fingerprint density at radius 2 is 2.17 bits per heavy atom. The molecule has 23 heavy (non-hydrogen) atoms. The number of amides is 1. The fourth-order valence-corrected chi connectivity index (χ4v) is 3.30. The predicted octanol–water partition coefficient (Wildman–Crippen LogP) is 4.33. The third-order valence-electron chi connectivity index (χ3n) is 4.12. The minimum Gasteiger partial charge on any atom is -0.371 e. The van der Waals surface area contributed by atoms with E-state index in [4.69, 9.17) is 0 Å². The van der Waals surface area contributed by atoms with Crippen LogP contribution in [0.1, 0.15) is 30.3 Å². The van der Waals surface area contributed by atoms with Crippen molar-refractivity contribution in [3.8, 4) is 0 Å². The Balaban J connectivity index is 1.76. The molecule has 120 valence electrons. The maximum atomic E-state index is 12.5. The largest absolute Gasteiger partial charge is 0.371 e. The van der Waals surface area contributed by atoms with Gasteiger partial charge in [0.2, 0.25) is 0 Å². The summed E-state index contributed by atoms with van der Waals surface area (Å²) < 4.78 is 0.856. The molecule has 5 heteroatoms. The Bertz CT molecular complexity index is 704. The number of carbonyl (C=O) groups is 1. The van der Waals surface area contributed by atoms with Crippen molar-refractivity contribution < 1.29 is 4.79 Å². The van der Waals surface area contributed by atoms with Crippen molar-refractivity contribution in [3.63, 3.8) is 0 Å². The third-order valence-corrected chi connectivity index (χ3v) is 4.81. The molecule has 1 N–H and O–H groups in total. The second-order valence-electron chi connectivity index (χ2n) is 6.03. The molecule has 1 aliphatic rings. The molecule has 1 saturated heterocycles. The SMILES string of the molecule is CC1CCCN(c2ccnc(C(=O)Nc3ccccc3Br)c2)C1. The Labute approximate surface area is 145 Å². The minimum atomic E-state index is -0.191. The molecule has 4 nitrogen and oxygen atoms in total. The van der Waals surface area contributed by atoms with Crippen LogP contribution in [-0.2, 0) is 0 Å². The van der Waals surface area contributed by atoms with Crippen LogP contribution >= 0.6 is 15.9 Å². The molecule has 1 unspecified atom stereocenters. The highest BCUT2D eigenvalue weighted by atomic mass is 79.9. The molecular weight excluding hydrogens is 354 g/mol. The molecule has 3 rings (SSSR count). The first kappa shape index (κ1) is 16.0.